The Morgan fingerprint density at radius 2 is 2.10 bits per heavy atom. The second-order valence-corrected chi connectivity index (χ2v) is 6.65. The summed E-state index contributed by atoms with van der Waals surface area (Å²) in [5, 5.41) is 9.08. The molecule has 0 amide bonds. The van der Waals surface area contributed by atoms with Crippen LogP contribution in [0.25, 0.3) is 0 Å². The first-order valence-corrected chi connectivity index (χ1v) is 8.26. The van der Waals surface area contributed by atoms with Crippen LogP contribution in [-0.4, -0.2) is 21.0 Å². The molecule has 2 atom stereocenters. The van der Waals surface area contributed by atoms with Crippen LogP contribution in [0.3, 0.4) is 0 Å². The lowest BCUT2D eigenvalue weighted by atomic mass is 9.84. The molecule has 110 valence electrons. The zero-order chi connectivity index (χ0) is 14.8. The molecule has 0 aliphatic heterocycles. The standard InChI is InChI=1S/C16H16O4S/c17-16(18)14-8-9-15(20-14)21(19)10-12-6-3-5-11-4-1-2-7-13(11)12/h1-2,4,7-9,12H,3,5-6,10H2,(H,17,18). The molecule has 21 heavy (non-hydrogen) atoms. The lowest BCUT2D eigenvalue weighted by molar-refractivity contribution is 0.0656. The fourth-order valence-corrected chi connectivity index (χ4v) is 4.13. The molecule has 0 fully saturated rings. The molecular formula is C16H16O4S. The summed E-state index contributed by atoms with van der Waals surface area (Å²) in [6.45, 7) is 0. The number of carboxylic acids is 1. The van der Waals surface area contributed by atoms with Crippen molar-refractivity contribution < 1.29 is 18.5 Å². The predicted molar refractivity (Wildman–Crippen MR) is 79.1 cm³/mol. The maximum Gasteiger partial charge on any atom is 0.371 e. The van der Waals surface area contributed by atoms with Gasteiger partial charge in [-0.05, 0) is 48.4 Å². The molecule has 1 heterocycles. The maximum absolute atomic E-state index is 12.4. The summed E-state index contributed by atoms with van der Waals surface area (Å²) >= 11 is 0. The van der Waals surface area contributed by atoms with Gasteiger partial charge in [0.2, 0.25) is 5.76 Å². The molecular weight excluding hydrogens is 288 g/mol. The number of carboxylic acid groups (broad SMARTS) is 1. The van der Waals surface area contributed by atoms with Crippen LogP contribution in [0.2, 0.25) is 0 Å². The van der Waals surface area contributed by atoms with Gasteiger partial charge in [-0.2, -0.15) is 0 Å². The number of rotatable bonds is 4. The minimum Gasteiger partial charge on any atom is -0.475 e. The van der Waals surface area contributed by atoms with Crippen LogP contribution < -0.4 is 0 Å². The Hall–Kier alpha value is -1.88. The Kier molecular flexibility index (Phi) is 3.92. The van der Waals surface area contributed by atoms with E-state index in [0.29, 0.717) is 5.75 Å². The molecule has 2 aromatic rings. The minimum atomic E-state index is -1.31. The first-order valence-electron chi connectivity index (χ1n) is 6.94. The highest BCUT2D eigenvalue weighted by molar-refractivity contribution is 7.84. The quantitative estimate of drug-likeness (QED) is 0.942. The van der Waals surface area contributed by atoms with Gasteiger partial charge in [0.25, 0.3) is 0 Å². The lowest BCUT2D eigenvalue weighted by Gasteiger charge is -2.24. The van der Waals surface area contributed by atoms with E-state index >= 15 is 0 Å². The summed E-state index contributed by atoms with van der Waals surface area (Å²) in [6, 6.07) is 11.1. The van der Waals surface area contributed by atoms with E-state index in [1.54, 1.807) is 0 Å². The normalized spacial score (nSPS) is 19.0. The van der Waals surface area contributed by atoms with Gasteiger partial charge in [0.1, 0.15) is 0 Å². The van der Waals surface area contributed by atoms with Gasteiger partial charge in [-0.15, -0.1) is 0 Å². The van der Waals surface area contributed by atoms with Crippen LogP contribution in [-0.2, 0) is 17.2 Å². The number of hydrogen-bond acceptors (Lipinski definition) is 3. The molecule has 1 aliphatic rings. The van der Waals surface area contributed by atoms with Gasteiger partial charge in [-0.1, -0.05) is 24.3 Å². The van der Waals surface area contributed by atoms with Gasteiger partial charge in [0.15, 0.2) is 5.09 Å². The molecule has 1 aromatic carbocycles. The van der Waals surface area contributed by atoms with Crippen molar-refractivity contribution in [3.05, 3.63) is 53.3 Å². The van der Waals surface area contributed by atoms with Crippen molar-refractivity contribution in [1.82, 2.24) is 0 Å². The molecule has 0 saturated heterocycles. The van der Waals surface area contributed by atoms with Crippen LogP contribution in [0.5, 0.6) is 0 Å². The summed E-state index contributed by atoms with van der Waals surface area (Å²) in [6.07, 6.45) is 3.18. The average Bonchev–Trinajstić information content (AvgIpc) is 2.98. The third-order valence-electron chi connectivity index (χ3n) is 3.86. The maximum atomic E-state index is 12.4. The van der Waals surface area contributed by atoms with Crippen molar-refractivity contribution in [3.8, 4) is 0 Å². The van der Waals surface area contributed by atoms with Gasteiger partial charge >= 0.3 is 5.97 Å². The highest BCUT2D eigenvalue weighted by Crippen LogP contribution is 2.33. The summed E-state index contributed by atoms with van der Waals surface area (Å²) in [5.41, 5.74) is 2.60. The minimum absolute atomic E-state index is 0.164. The summed E-state index contributed by atoms with van der Waals surface area (Å²) in [5.74, 6) is -0.582. The fourth-order valence-electron chi connectivity index (χ4n) is 2.85. The molecule has 5 heteroatoms. The number of furan rings is 1. The Bertz CT molecular complexity index is 689. The number of carbonyl (C=O) groups is 1. The SMILES string of the molecule is O=C(O)c1ccc(S(=O)CC2CCCc3ccccc32)o1. The molecule has 0 radical (unpaired) electrons. The Labute approximate surface area is 125 Å². The van der Waals surface area contributed by atoms with Crippen LogP contribution in [0.15, 0.2) is 45.9 Å². The molecule has 3 rings (SSSR count). The van der Waals surface area contributed by atoms with Crippen LogP contribution in [0.1, 0.15) is 40.4 Å². The smallest absolute Gasteiger partial charge is 0.371 e. The summed E-state index contributed by atoms with van der Waals surface area (Å²) in [7, 11) is -1.31. The van der Waals surface area contributed by atoms with E-state index < -0.39 is 16.8 Å². The van der Waals surface area contributed by atoms with Crippen LogP contribution >= 0.6 is 0 Å². The predicted octanol–water partition coefficient (Wildman–Crippen LogP) is 3.21. The fraction of sp³-hybridized carbons (Fsp3) is 0.312. The van der Waals surface area contributed by atoms with Gasteiger partial charge in [0, 0.05) is 5.75 Å². The number of fused-ring (bicyclic) bond motifs is 1. The molecule has 0 saturated carbocycles. The largest absolute Gasteiger partial charge is 0.475 e. The number of aryl methyl sites for hydroxylation is 1. The zero-order valence-electron chi connectivity index (χ0n) is 11.5. The number of benzene rings is 1. The highest BCUT2D eigenvalue weighted by Gasteiger charge is 2.24. The van der Waals surface area contributed by atoms with E-state index in [2.05, 4.69) is 12.1 Å². The van der Waals surface area contributed by atoms with Crippen molar-refractivity contribution in [2.24, 2.45) is 0 Å². The summed E-state index contributed by atoms with van der Waals surface area (Å²) < 4.78 is 17.5. The highest BCUT2D eigenvalue weighted by atomic mass is 32.2. The van der Waals surface area contributed by atoms with Crippen molar-refractivity contribution in [1.29, 1.82) is 0 Å². The topological polar surface area (TPSA) is 67.5 Å². The van der Waals surface area contributed by atoms with Crippen LogP contribution in [0, 0.1) is 0 Å². The van der Waals surface area contributed by atoms with E-state index in [1.807, 2.05) is 12.1 Å². The zero-order valence-corrected chi connectivity index (χ0v) is 12.3. The number of aromatic carboxylic acids is 1. The first kappa shape index (κ1) is 14.1. The summed E-state index contributed by atoms with van der Waals surface area (Å²) in [4.78, 5) is 10.8. The monoisotopic (exact) mass is 304 g/mol. The molecule has 1 aliphatic carbocycles. The molecule has 0 spiro atoms. The van der Waals surface area contributed by atoms with E-state index in [0.717, 1.165) is 19.3 Å². The second kappa shape index (κ2) is 5.85. The molecule has 0 bridgehead atoms. The molecule has 1 N–H and O–H groups in total. The Morgan fingerprint density at radius 1 is 1.29 bits per heavy atom. The molecule has 2 unspecified atom stereocenters. The van der Waals surface area contributed by atoms with Crippen molar-refractivity contribution >= 4 is 16.8 Å². The van der Waals surface area contributed by atoms with Crippen molar-refractivity contribution in [2.45, 2.75) is 30.3 Å². The van der Waals surface area contributed by atoms with Gasteiger partial charge < -0.3 is 9.52 Å². The molecule has 4 nitrogen and oxygen atoms in total. The van der Waals surface area contributed by atoms with E-state index in [-0.39, 0.29) is 16.8 Å². The first-order chi connectivity index (χ1) is 10.1. The van der Waals surface area contributed by atoms with Gasteiger partial charge in [-0.3, -0.25) is 4.21 Å². The Balaban J connectivity index is 1.77. The molecule has 1 aromatic heterocycles. The van der Waals surface area contributed by atoms with Crippen molar-refractivity contribution in [2.75, 3.05) is 5.75 Å². The van der Waals surface area contributed by atoms with Gasteiger partial charge in [0.05, 0.1) is 10.8 Å². The third-order valence-corrected chi connectivity index (χ3v) is 5.24. The van der Waals surface area contributed by atoms with E-state index in [4.69, 9.17) is 9.52 Å². The average molecular weight is 304 g/mol. The van der Waals surface area contributed by atoms with Crippen LogP contribution in [0.4, 0.5) is 0 Å². The van der Waals surface area contributed by atoms with E-state index in [9.17, 15) is 9.00 Å². The number of hydrogen-bond donors (Lipinski definition) is 1. The second-order valence-electron chi connectivity index (χ2n) is 5.22. The third kappa shape index (κ3) is 2.93. The lowest BCUT2D eigenvalue weighted by Crippen LogP contribution is -2.16. The van der Waals surface area contributed by atoms with Crippen molar-refractivity contribution in [3.63, 3.8) is 0 Å². The van der Waals surface area contributed by atoms with E-state index in [1.165, 1.54) is 23.3 Å². The Morgan fingerprint density at radius 3 is 2.86 bits per heavy atom. The van der Waals surface area contributed by atoms with Gasteiger partial charge in [-0.25, -0.2) is 4.79 Å².